The summed E-state index contributed by atoms with van der Waals surface area (Å²) in [6.45, 7) is 6.63. The Kier molecular flexibility index (Phi) is 10.4. The SMILES string of the molecule is Cc1ccc(C(=O)OCC2O[C@H](/C(C#N)=C/NCC#N)[C@](C)(OC(=O)c3ccc(C)cc3)[C@@H]2OC(=O)c2ccc(C)cc2)cc1. The highest BCUT2D eigenvalue weighted by atomic mass is 16.7. The minimum absolute atomic E-state index is 0.0341. The average Bonchev–Trinajstić information content (AvgIpc) is 3.29. The number of carbonyl (C=O) groups excluding carboxylic acids is 3. The Morgan fingerprint density at radius 2 is 1.31 bits per heavy atom. The quantitative estimate of drug-likeness (QED) is 0.111. The summed E-state index contributed by atoms with van der Waals surface area (Å²) in [4.78, 5) is 39.8. The number of esters is 3. The van der Waals surface area contributed by atoms with Gasteiger partial charge in [0, 0.05) is 6.20 Å². The molecule has 0 amide bonds. The Balaban J connectivity index is 1.73. The van der Waals surface area contributed by atoms with Gasteiger partial charge in [-0.1, -0.05) is 53.1 Å². The summed E-state index contributed by atoms with van der Waals surface area (Å²) >= 11 is 0. The highest BCUT2D eigenvalue weighted by Gasteiger charge is 2.60. The molecule has 0 bridgehead atoms. The molecule has 10 nitrogen and oxygen atoms in total. The van der Waals surface area contributed by atoms with Crippen LogP contribution in [0.3, 0.4) is 0 Å². The van der Waals surface area contributed by atoms with Crippen molar-refractivity contribution >= 4 is 17.9 Å². The molecule has 4 rings (SSSR count). The minimum Gasteiger partial charge on any atom is -0.459 e. The monoisotopic (exact) mass is 607 g/mol. The Bertz CT molecular complexity index is 1650. The average molecular weight is 608 g/mol. The largest absolute Gasteiger partial charge is 0.459 e. The van der Waals surface area contributed by atoms with Gasteiger partial charge in [-0.05, 0) is 64.1 Å². The van der Waals surface area contributed by atoms with Crippen molar-refractivity contribution in [2.75, 3.05) is 13.2 Å². The Labute approximate surface area is 261 Å². The number of nitrogens with one attached hydrogen (secondary N) is 1. The fourth-order valence-electron chi connectivity index (χ4n) is 4.84. The lowest BCUT2D eigenvalue weighted by Crippen LogP contribution is -2.52. The summed E-state index contributed by atoms with van der Waals surface area (Å²) in [5, 5.41) is 21.8. The molecule has 1 fully saturated rings. The Hall–Kier alpha value is -5.45. The zero-order chi connectivity index (χ0) is 32.6. The van der Waals surface area contributed by atoms with Crippen molar-refractivity contribution in [2.45, 2.75) is 51.6 Å². The maximum atomic E-state index is 13.5. The van der Waals surface area contributed by atoms with E-state index in [2.05, 4.69) is 5.32 Å². The fourth-order valence-corrected chi connectivity index (χ4v) is 4.84. The first-order valence-electron chi connectivity index (χ1n) is 14.2. The maximum Gasteiger partial charge on any atom is 0.338 e. The summed E-state index contributed by atoms with van der Waals surface area (Å²) in [6.07, 6.45) is -2.47. The number of hydrogen-bond acceptors (Lipinski definition) is 10. The zero-order valence-electron chi connectivity index (χ0n) is 25.4. The molecule has 0 radical (unpaired) electrons. The third-order valence-corrected chi connectivity index (χ3v) is 7.37. The van der Waals surface area contributed by atoms with Gasteiger partial charge in [0.1, 0.15) is 25.4 Å². The third kappa shape index (κ3) is 7.74. The number of nitriles is 2. The van der Waals surface area contributed by atoms with Crippen LogP contribution in [0.4, 0.5) is 0 Å². The predicted octanol–water partition coefficient (Wildman–Crippen LogP) is 4.90. The molecule has 0 aliphatic carbocycles. The molecule has 0 aromatic heterocycles. The second-order valence-electron chi connectivity index (χ2n) is 10.9. The van der Waals surface area contributed by atoms with Crippen molar-refractivity contribution in [3.63, 3.8) is 0 Å². The second kappa shape index (κ2) is 14.3. The van der Waals surface area contributed by atoms with Gasteiger partial charge >= 0.3 is 17.9 Å². The van der Waals surface area contributed by atoms with Crippen LogP contribution in [0.1, 0.15) is 54.7 Å². The summed E-state index contributed by atoms with van der Waals surface area (Å²) in [7, 11) is 0. The predicted molar refractivity (Wildman–Crippen MR) is 163 cm³/mol. The highest BCUT2D eigenvalue weighted by molar-refractivity contribution is 5.91. The van der Waals surface area contributed by atoms with E-state index in [9.17, 15) is 19.6 Å². The number of carbonyl (C=O) groups is 3. The van der Waals surface area contributed by atoms with Gasteiger partial charge in [0.2, 0.25) is 0 Å². The van der Waals surface area contributed by atoms with Gasteiger partial charge in [0.05, 0.1) is 34.4 Å². The minimum atomic E-state index is -1.78. The van der Waals surface area contributed by atoms with Gasteiger partial charge in [-0.25, -0.2) is 14.4 Å². The van der Waals surface area contributed by atoms with Crippen molar-refractivity contribution in [2.24, 2.45) is 0 Å². The summed E-state index contributed by atoms with van der Waals surface area (Å²) < 4.78 is 23.9. The van der Waals surface area contributed by atoms with Crippen molar-refractivity contribution in [1.82, 2.24) is 5.32 Å². The van der Waals surface area contributed by atoms with E-state index in [-0.39, 0.29) is 23.2 Å². The van der Waals surface area contributed by atoms with Crippen LogP contribution in [0.2, 0.25) is 0 Å². The topological polar surface area (TPSA) is 148 Å². The van der Waals surface area contributed by atoms with E-state index in [0.717, 1.165) is 16.7 Å². The second-order valence-corrected chi connectivity index (χ2v) is 10.9. The third-order valence-electron chi connectivity index (χ3n) is 7.37. The molecule has 0 spiro atoms. The lowest BCUT2D eigenvalue weighted by atomic mass is 9.88. The van der Waals surface area contributed by atoms with Crippen LogP contribution in [-0.2, 0) is 18.9 Å². The molecule has 0 saturated carbocycles. The maximum absolute atomic E-state index is 13.5. The Morgan fingerprint density at radius 3 is 1.80 bits per heavy atom. The van der Waals surface area contributed by atoms with E-state index in [1.807, 2.05) is 32.9 Å². The standard InChI is InChI=1S/C35H33N3O7/c1-22-5-11-25(12-6-22)32(39)42-21-29-31(44-33(40)26-13-7-23(2)8-14-26)35(4,30(43-29)28(19-37)20-38-18-17-36)45-34(41)27-15-9-24(3)10-16-27/h5-16,20,29-31,38H,18,21H2,1-4H3/b28-20+/t29?,30-,31-,35+/m1/s1. The van der Waals surface area contributed by atoms with Crippen molar-refractivity contribution in [1.29, 1.82) is 10.5 Å². The van der Waals surface area contributed by atoms with Crippen LogP contribution in [-0.4, -0.2) is 55.0 Å². The molecule has 3 aromatic rings. The first-order valence-corrected chi connectivity index (χ1v) is 14.2. The molecule has 1 aliphatic heterocycles. The first-order chi connectivity index (χ1) is 21.5. The number of aryl methyl sites for hydroxylation is 3. The van der Waals surface area contributed by atoms with Gasteiger partial charge in [-0.15, -0.1) is 0 Å². The number of ether oxygens (including phenoxy) is 4. The lowest BCUT2D eigenvalue weighted by molar-refractivity contribution is -0.0819. The number of nitrogens with zero attached hydrogens (tertiary/aromatic N) is 2. The molecule has 10 heteroatoms. The van der Waals surface area contributed by atoms with E-state index >= 15 is 0 Å². The highest BCUT2D eigenvalue weighted by Crippen LogP contribution is 2.41. The molecule has 1 heterocycles. The van der Waals surface area contributed by atoms with Gasteiger partial charge in [0.15, 0.2) is 11.7 Å². The zero-order valence-corrected chi connectivity index (χ0v) is 25.4. The van der Waals surface area contributed by atoms with E-state index in [0.29, 0.717) is 5.56 Å². The molecule has 1 unspecified atom stereocenters. The van der Waals surface area contributed by atoms with E-state index in [1.165, 1.54) is 13.1 Å². The molecule has 1 aliphatic rings. The molecule has 230 valence electrons. The van der Waals surface area contributed by atoms with Crippen molar-refractivity contribution < 1.29 is 33.3 Å². The van der Waals surface area contributed by atoms with Crippen LogP contribution in [0.15, 0.2) is 84.6 Å². The van der Waals surface area contributed by atoms with Gasteiger partial charge < -0.3 is 24.3 Å². The number of benzene rings is 3. The van der Waals surface area contributed by atoms with Crippen molar-refractivity contribution in [3.05, 3.63) is 118 Å². The van der Waals surface area contributed by atoms with E-state index in [1.54, 1.807) is 72.8 Å². The molecule has 1 N–H and O–H groups in total. The fraction of sp³-hybridized carbons (Fsp3) is 0.286. The van der Waals surface area contributed by atoms with Crippen LogP contribution in [0.5, 0.6) is 0 Å². The first kappa shape index (κ1) is 32.5. The molecule has 3 aromatic carbocycles. The lowest BCUT2D eigenvalue weighted by Gasteiger charge is -2.34. The number of rotatable bonds is 10. The summed E-state index contributed by atoms with van der Waals surface area (Å²) in [6, 6.07) is 24.1. The summed E-state index contributed by atoms with van der Waals surface area (Å²) in [5.74, 6) is -2.13. The van der Waals surface area contributed by atoms with E-state index < -0.39 is 48.4 Å². The smallest absolute Gasteiger partial charge is 0.338 e. The van der Waals surface area contributed by atoms with Crippen LogP contribution in [0.25, 0.3) is 0 Å². The molecular formula is C35H33N3O7. The van der Waals surface area contributed by atoms with Crippen LogP contribution >= 0.6 is 0 Å². The van der Waals surface area contributed by atoms with Crippen LogP contribution < -0.4 is 5.32 Å². The molecule has 45 heavy (non-hydrogen) atoms. The number of hydrogen-bond donors (Lipinski definition) is 1. The molecule has 4 atom stereocenters. The van der Waals surface area contributed by atoms with Gasteiger partial charge in [-0.3, -0.25) is 0 Å². The molecular weight excluding hydrogens is 574 g/mol. The van der Waals surface area contributed by atoms with Gasteiger partial charge in [0.25, 0.3) is 0 Å². The van der Waals surface area contributed by atoms with Gasteiger partial charge in [-0.2, -0.15) is 10.5 Å². The normalized spacial score (nSPS) is 20.8. The van der Waals surface area contributed by atoms with Crippen molar-refractivity contribution in [3.8, 4) is 12.1 Å². The summed E-state index contributed by atoms with van der Waals surface area (Å²) in [5.41, 5.74) is 1.77. The molecule has 1 saturated heterocycles. The Morgan fingerprint density at radius 1 is 0.822 bits per heavy atom. The van der Waals surface area contributed by atoms with Crippen LogP contribution in [0, 0.1) is 43.4 Å². The van der Waals surface area contributed by atoms with E-state index in [4.69, 9.17) is 24.2 Å².